The molecule has 0 unspecified atom stereocenters. The molecule has 0 aliphatic heterocycles. The summed E-state index contributed by atoms with van der Waals surface area (Å²) < 4.78 is 10.6. The fourth-order valence-electron chi connectivity index (χ4n) is 3.80. The number of nitrogens with one attached hydrogen (secondary N) is 1. The van der Waals surface area contributed by atoms with Crippen molar-refractivity contribution in [1.29, 1.82) is 0 Å². The van der Waals surface area contributed by atoms with Gasteiger partial charge >= 0.3 is 12.0 Å². The Morgan fingerprint density at radius 1 is 1.17 bits per heavy atom. The van der Waals surface area contributed by atoms with E-state index in [-0.39, 0.29) is 12.5 Å². The first-order chi connectivity index (χ1) is 17.5. The van der Waals surface area contributed by atoms with E-state index in [9.17, 15) is 14.7 Å². The van der Waals surface area contributed by atoms with Crippen molar-refractivity contribution in [3.8, 4) is 11.3 Å². The molecular weight excluding hydrogens is 478 g/mol. The number of aromatic nitrogens is 3. The van der Waals surface area contributed by atoms with Gasteiger partial charge in [-0.2, -0.15) is 4.37 Å². The Morgan fingerprint density at radius 3 is 2.78 bits per heavy atom. The van der Waals surface area contributed by atoms with Gasteiger partial charge in [-0.3, -0.25) is 14.9 Å². The lowest BCUT2D eigenvalue weighted by Crippen LogP contribution is -2.38. The molecule has 36 heavy (non-hydrogen) atoms. The highest BCUT2D eigenvalue weighted by Crippen LogP contribution is 2.24. The molecule has 2 N–H and O–H groups in total. The third-order valence-corrected chi connectivity index (χ3v) is 6.49. The van der Waals surface area contributed by atoms with E-state index in [4.69, 9.17) is 4.74 Å². The number of urea groups is 1. The van der Waals surface area contributed by atoms with Crippen LogP contribution in [0.5, 0.6) is 0 Å². The number of fused-ring (bicyclic) bond motifs is 1. The molecule has 0 saturated heterocycles. The van der Waals surface area contributed by atoms with Gasteiger partial charge in [0.25, 0.3) is 0 Å². The summed E-state index contributed by atoms with van der Waals surface area (Å²) in [4.78, 5) is 34.6. The molecule has 10 heteroatoms. The maximum atomic E-state index is 12.8. The van der Waals surface area contributed by atoms with Crippen LogP contribution in [-0.4, -0.2) is 57.8 Å². The van der Waals surface area contributed by atoms with E-state index in [1.165, 1.54) is 11.5 Å². The van der Waals surface area contributed by atoms with Gasteiger partial charge in [-0.15, -0.1) is 0 Å². The maximum Gasteiger partial charge on any atom is 0.333 e. The summed E-state index contributed by atoms with van der Waals surface area (Å²) in [7, 11) is 1.71. The van der Waals surface area contributed by atoms with Gasteiger partial charge in [-0.1, -0.05) is 18.2 Å². The standard InChI is InChI=1S/C26H27N5O4S/c1-3-35-23(25(32)33)13-17-7-8-21(29-15-17)18-5-4-6-19(14-18)31(2)26(34)28-11-9-22-20-16-30-36-24(20)10-12-27-22/h4-8,10,12,14-16,23H,3,9,11,13H2,1-2H3,(H,28,34)(H,32,33)/t23-/m0/s1. The molecule has 0 aliphatic carbocycles. The number of amides is 2. The monoisotopic (exact) mass is 505 g/mol. The molecule has 1 atom stereocenters. The average Bonchev–Trinajstić information content (AvgIpc) is 3.38. The summed E-state index contributed by atoms with van der Waals surface area (Å²) in [5.74, 6) is -0.994. The molecule has 9 nitrogen and oxygen atoms in total. The summed E-state index contributed by atoms with van der Waals surface area (Å²) in [6.45, 7) is 2.55. The molecule has 0 saturated carbocycles. The number of nitrogens with zero attached hydrogens (tertiary/aromatic N) is 4. The number of carboxylic acids is 1. The van der Waals surface area contributed by atoms with Gasteiger partial charge in [0.15, 0.2) is 6.10 Å². The first-order valence-electron chi connectivity index (χ1n) is 11.6. The van der Waals surface area contributed by atoms with Crippen molar-refractivity contribution in [3.05, 3.63) is 72.3 Å². The van der Waals surface area contributed by atoms with E-state index in [2.05, 4.69) is 19.7 Å². The van der Waals surface area contributed by atoms with Crippen LogP contribution in [0.2, 0.25) is 0 Å². The highest BCUT2D eigenvalue weighted by atomic mass is 32.1. The molecule has 2 amide bonds. The maximum absolute atomic E-state index is 12.8. The Labute approximate surface area is 212 Å². The van der Waals surface area contributed by atoms with Gasteiger partial charge in [0.05, 0.1) is 22.3 Å². The van der Waals surface area contributed by atoms with Crippen LogP contribution >= 0.6 is 11.5 Å². The number of hydrogen-bond donors (Lipinski definition) is 2. The quantitative estimate of drug-likeness (QED) is 0.332. The third kappa shape index (κ3) is 6.02. The average molecular weight is 506 g/mol. The molecule has 0 fully saturated rings. The zero-order valence-electron chi connectivity index (χ0n) is 20.0. The molecule has 0 radical (unpaired) electrons. The molecule has 0 spiro atoms. The molecular formula is C26H27N5O4S. The van der Waals surface area contributed by atoms with E-state index in [1.54, 1.807) is 31.3 Å². The second kappa shape index (κ2) is 11.7. The number of carbonyl (C=O) groups excluding carboxylic acids is 1. The molecule has 4 aromatic rings. The van der Waals surface area contributed by atoms with Crippen molar-refractivity contribution in [2.45, 2.75) is 25.9 Å². The fraction of sp³-hybridized carbons (Fsp3) is 0.269. The van der Waals surface area contributed by atoms with Crippen molar-refractivity contribution in [2.24, 2.45) is 0 Å². The van der Waals surface area contributed by atoms with Gasteiger partial charge in [0, 0.05) is 62.1 Å². The van der Waals surface area contributed by atoms with E-state index in [1.807, 2.05) is 48.7 Å². The van der Waals surface area contributed by atoms with Crippen molar-refractivity contribution in [1.82, 2.24) is 19.7 Å². The second-order valence-electron chi connectivity index (χ2n) is 8.12. The number of aliphatic carboxylic acids is 1. The summed E-state index contributed by atoms with van der Waals surface area (Å²) in [5.41, 5.74) is 3.98. The summed E-state index contributed by atoms with van der Waals surface area (Å²) in [6, 6.07) is 12.9. The normalized spacial score (nSPS) is 11.8. The van der Waals surface area contributed by atoms with Gasteiger partial charge in [-0.05, 0) is 48.3 Å². The molecule has 4 rings (SSSR count). The lowest BCUT2D eigenvalue weighted by Gasteiger charge is -2.19. The van der Waals surface area contributed by atoms with Gasteiger partial charge in [0.2, 0.25) is 0 Å². The van der Waals surface area contributed by atoms with Crippen LogP contribution in [0.25, 0.3) is 21.3 Å². The SMILES string of the molecule is CCO[C@@H](Cc1ccc(-c2cccc(N(C)C(=O)NCCc3nccc4sncc34)c2)nc1)C(=O)O. The lowest BCUT2D eigenvalue weighted by molar-refractivity contribution is -0.149. The van der Waals surface area contributed by atoms with E-state index in [0.29, 0.717) is 19.6 Å². The van der Waals surface area contributed by atoms with Crippen LogP contribution in [-0.2, 0) is 22.4 Å². The zero-order valence-corrected chi connectivity index (χ0v) is 20.9. The summed E-state index contributed by atoms with van der Waals surface area (Å²) in [5, 5.41) is 13.2. The van der Waals surface area contributed by atoms with Gasteiger partial charge < -0.3 is 15.2 Å². The number of carboxylic acid groups (broad SMARTS) is 1. The van der Waals surface area contributed by atoms with Crippen LogP contribution in [0.4, 0.5) is 10.5 Å². The third-order valence-electron chi connectivity index (χ3n) is 5.73. The molecule has 1 aromatic carbocycles. The van der Waals surface area contributed by atoms with Crippen LogP contribution < -0.4 is 10.2 Å². The first kappa shape index (κ1) is 25.2. The van der Waals surface area contributed by atoms with Crippen molar-refractivity contribution < 1.29 is 19.4 Å². The minimum Gasteiger partial charge on any atom is -0.479 e. The molecule has 0 bridgehead atoms. The molecule has 3 aromatic heterocycles. The number of ether oxygens (including phenoxy) is 1. The fourth-order valence-corrected chi connectivity index (χ4v) is 4.46. The Morgan fingerprint density at radius 2 is 2.03 bits per heavy atom. The topological polar surface area (TPSA) is 118 Å². The summed E-state index contributed by atoms with van der Waals surface area (Å²) in [6.07, 6.45) is 5.18. The number of benzene rings is 1. The Hall–Kier alpha value is -3.89. The number of carbonyl (C=O) groups is 2. The van der Waals surface area contributed by atoms with Gasteiger partial charge in [-0.25, -0.2) is 9.59 Å². The van der Waals surface area contributed by atoms with Gasteiger partial charge in [0.1, 0.15) is 0 Å². The van der Waals surface area contributed by atoms with Crippen LogP contribution in [0.15, 0.2) is 61.1 Å². The van der Waals surface area contributed by atoms with E-state index >= 15 is 0 Å². The zero-order chi connectivity index (χ0) is 25.5. The van der Waals surface area contributed by atoms with Crippen LogP contribution in [0, 0.1) is 0 Å². The van der Waals surface area contributed by atoms with Crippen molar-refractivity contribution in [3.63, 3.8) is 0 Å². The first-order valence-corrected chi connectivity index (χ1v) is 12.3. The number of anilines is 1. The highest BCUT2D eigenvalue weighted by molar-refractivity contribution is 7.13. The Balaban J connectivity index is 1.37. The minimum absolute atomic E-state index is 0.221. The van der Waals surface area contributed by atoms with Crippen LogP contribution in [0.3, 0.4) is 0 Å². The lowest BCUT2D eigenvalue weighted by atomic mass is 10.1. The number of pyridine rings is 2. The van der Waals surface area contributed by atoms with Crippen molar-refractivity contribution in [2.75, 3.05) is 25.1 Å². The predicted molar refractivity (Wildman–Crippen MR) is 139 cm³/mol. The van der Waals surface area contributed by atoms with E-state index < -0.39 is 12.1 Å². The molecule has 0 aliphatic rings. The number of rotatable bonds is 10. The van der Waals surface area contributed by atoms with E-state index in [0.717, 1.165) is 38.3 Å². The predicted octanol–water partition coefficient (Wildman–Crippen LogP) is 4.17. The molecule has 186 valence electrons. The Kier molecular flexibility index (Phi) is 8.19. The van der Waals surface area contributed by atoms with Crippen molar-refractivity contribution >= 4 is 39.3 Å². The van der Waals surface area contributed by atoms with Crippen LogP contribution in [0.1, 0.15) is 18.2 Å². The highest BCUT2D eigenvalue weighted by Gasteiger charge is 2.18. The Bertz CT molecular complexity index is 1340. The number of hydrogen-bond acceptors (Lipinski definition) is 7. The minimum atomic E-state index is -0.994. The largest absolute Gasteiger partial charge is 0.479 e. The molecule has 3 heterocycles. The summed E-state index contributed by atoms with van der Waals surface area (Å²) >= 11 is 1.43. The smallest absolute Gasteiger partial charge is 0.333 e. The second-order valence-corrected chi connectivity index (χ2v) is 8.96.